The van der Waals surface area contributed by atoms with E-state index in [0.717, 1.165) is 35.7 Å². The molecule has 1 amide bonds. The highest BCUT2D eigenvalue weighted by molar-refractivity contribution is 6.30. The monoisotopic (exact) mass is 510 g/mol. The van der Waals surface area contributed by atoms with Crippen molar-refractivity contribution in [3.05, 3.63) is 87.2 Å². The normalized spacial score (nSPS) is 14.5. The molecule has 0 radical (unpaired) electrons. The number of rotatable bonds is 8. The van der Waals surface area contributed by atoms with Crippen molar-refractivity contribution < 1.29 is 23.8 Å². The van der Waals surface area contributed by atoms with E-state index in [1.165, 1.54) is 17.3 Å². The molecule has 6 nitrogen and oxygen atoms in total. The summed E-state index contributed by atoms with van der Waals surface area (Å²) in [5.41, 5.74) is 4.81. The van der Waals surface area contributed by atoms with Crippen LogP contribution >= 0.6 is 11.6 Å². The van der Waals surface area contributed by atoms with Gasteiger partial charge in [-0.3, -0.25) is 9.59 Å². The first-order valence-corrected chi connectivity index (χ1v) is 12.1. The van der Waals surface area contributed by atoms with Crippen molar-refractivity contribution in [2.24, 2.45) is 0 Å². The zero-order chi connectivity index (χ0) is 26.0. The molecule has 188 valence electrons. The lowest BCUT2D eigenvalue weighted by Crippen LogP contribution is -2.36. The molecule has 0 saturated carbocycles. The Morgan fingerprint density at radius 3 is 2.64 bits per heavy atom. The minimum absolute atomic E-state index is 0.180. The molecule has 0 saturated heterocycles. The molecule has 36 heavy (non-hydrogen) atoms. The number of aryl methyl sites for hydroxylation is 2. The summed E-state index contributed by atoms with van der Waals surface area (Å²) in [7, 11) is 0. The molecule has 1 aliphatic heterocycles. The molecule has 0 aromatic heterocycles. The second kappa shape index (κ2) is 10.6. The molecule has 1 atom stereocenters. The molecule has 0 spiro atoms. The number of carbonyl (C=O) groups is 2. The van der Waals surface area contributed by atoms with Crippen LogP contribution in [0.4, 0.5) is 15.8 Å². The number of nitrogens with one attached hydrogen (secondary N) is 1. The highest BCUT2D eigenvalue weighted by Gasteiger charge is 2.29. The van der Waals surface area contributed by atoms with Crippen LogP contribution in [0.25, 0.3) is 0 Å². The predicted octanol–water partition coefficient (Wildman–Crippen LogP) is 5.81. The average molecular weight is 511 g/mol. The minimum Gasteiger partial charge on any atom is -0.491 e. The largest absolute Gasteiger partial charge is 0.491 e. The summed E-state index contributed by atoms with van der Waals surface area (Å²) in [6.45, 7) is 7.15. The van der Waals surface area contributed by atoms with Gasteiger partial charge in [-0.1, -0.05) is 11.6 Å². The van der Waals surface area contributed by atoms with E-state index in [9.17, 15) is 14.0 Å². The summed E-state index contributed by atoms with van der Waals surface area (Å²) in [5, 5.41) is 12.4. The Morgan fingerprint density at radius 1 is 1.14 bits per heavy atom. The summed E-state index contributed by atoms with van der Waals surface area (Å²) in [6.07, 6.45) is 0.513. The van der Waals surface area contributed by atoms with Crippen LogP contribution in [-0.2, 0) is 17.6 Å². The number of likely N-dealkylation sites (N-methyl/N-ethyl adjacent to an activating group) is 1. The van der Waals surface area contributed by atoms with Crippen LogP contribution in [0, 0.1) is 19.7 Å². The maximum atomic E-state index is 13.9. The van der Waals surface area contributed by atoms with E-state index in [0.29, 0.717) is 23.5 Å². The Bertz CT molecular complexity index is 1330. The lowest BCUT2D eigenvalue weighted by atomic mass is 10.0. The standard InChI is InChI=1S/C28H28ClFN2O4/c1-4-32-23(13-19-12-20(29)5-6-25(19)32)15-36-26-8-16(2)24(7-17(26)3)28(35)31-22-10-18(11-27(33)34)9-21(30)14-22/h5-10,12,14,23H,4,11,13,15H2,1-3H3,(H,31,35)(H,33,34)/t23-/m1/s1. The Hall–Kier alpha value is -3.58. The Morgan fingerprint density at radius 2 is 1.92 bits per heavy atom. The first-order chi connectivity index (χ1) is 17.1. The fraction of sp³-hybridized carbons (Fsp3) is 0.286. The number of hydrogen-bond acceptors (Lipinski definition) is 4. The Labute approximate surface area is 214 Å². The molecule has 3 aromatic carbocycles. The Kier molecular flexibility index (Phi) is 7.50. The van der Waals surface area contributed by atoms with Gasteiger partial charge in [-0.05, 0) is 98.0 Å². The maximum absolute atomic E-state index is 13.9. The summed E-state index contributed by atoms with van der Waals surface area (Å²) in [4.78, 5) is 26.2. The van der Waals surface area contributed by atoms with Crippen LogP contribution in [0.2, 0.25) is 5.02 Å². The van der Waals surface area contributed by atoms with Crippen LogP contribution < -0.4 is 15.0 Å². The molecule has 1 heterocycles. The van der Waals surface area contributed by atoms with Crippen LogP contribution in [0.3, 0.4) is 0 Å². The van der Waals surface area contributed by atoms with Gasteiger partial charge in [0.1, 0.15) is 18.2 Å². The quantitative estimate of drug-likeness (QED) is 0.400. The van der Waals surface area contributed by atoms with Gasteiger partial charge in [0.05, 0.1) is 12.5 Å². The molecule has 1 aliphatic rings. The molecule has 0 aliphatic carbocycles. The lowest BCUT2D eigenvalue weighted by Gasteiger charge is -2.26. The van der Waals surface area contributed by atoms with Crippen molar-refractivity contribution in [3.8, 4) is 5.75 Å². The number of nitrogens with zero attached hydrogens (tertiary/aromatic N) is 1. The van der Waals surface area contributed by atoms with E-state index < -0.39 is 17.7 Å². The van der Waals surface area contributed by atoms with Gasteiger partial charge in [0.2, 0.25) is 0 Å². The van der Waals surface area contributed by atoms with Crippen molar-refractivity contribution >= 4 is 34.9 Å². The molecular formula is C28H28ClFN2O4. The number of fused-ring (bicyclic) bond motifs is 1. The third kappa shape index (κ3) is 5.62. The Balaban J connectivity index is 1.46. The number of aliphatic carboxylic acids is 1. The number of benzene rings is 3. The molecule has 8 heteroatoms. The number of amides is 1. The van der Waals surface area contributed by atoms with Crippen molar-refractivity contribution in [3.63, 3.8) is 0 Å². The number of carboxylic acids is 1. The number of halogens is 2. The van der Waals surface area contributed by atoms with Crippen molar-refractivity contribution in [1.29, 1.82) is 0 Å². The molecule has 3 aromatic rings. The molecule has 4 rings (SSSR count). The van der Waals surface area contributed by atoms with Crippen molar-refractivity contribution in [2.45, 2.75) is 39.7 Å². The average Bonchev–Trinajstić information content (AvgIpc) is 3.14. The van der Waals surface area contributed by atoms with Gasteiger partial charge in [0, 0.05) is 28.5 Å². The SMILES string of the molecule is CCN1c2ccc(Cl)cc2C[C@@H]1COc1cc(C)c(C(=O)Nc2cc(F)cc(CC(=O)O)c2)cc1C. The number of ether oxygens (including phenoxy) is 1. The van der Waals surface area contributed by atoms with Crippen LogP contribution in [0.1, 0.15) is 39.5 Å². The van der Waals surface area contributed by atoms with E-state index in [-0.39, 0.29) is 23.7 Å². The van der Waals surface area contributed by atoms with Crippen LogP contribution in [0.15, 0.2) is 48.5 Å². The third-order valence-electron chi connectivity index (χ3n) is 6.36. The number of hydrogen-bond donors (Lipinski definition) is 2. The van der Waals surface area contributed by atoms with E-state index in [1.807, 2.05) is 38.1 Å². The summed E-state index contributed by atoms with van der Waals surface area (Å²) in [6, 6.07) is 13.5. The van der Waals surface area contributed by atoms with Gasteiger partial charge in [-0.25, -0.2) is 4.39 Å². The van der Waals surface area contributed by atoms with Gasteiger partial charge in [0.15, 0.2) is 0 Å². The summed E-state index contributed by atoms with van der Waals surface area (Å²) in [5.74, 6) is -1.40. The predicted molar refractivity (Wildman–Crippen MR) is 139 cm³/mol. The second-order valence-electron chi connectivity index (χ2n) is 9.03. The smallest absolute Gasteiger partial charge is 0.307 e. The van der Waals surface area contributed by atoms with Crippen LogP contribution in [0.5, 0.6) is 5.75 Å². The lowest BCUT2D eigenvalue weighted by molar-refractivity contribution is -0.136. The fourth-order valence-electron chi connectivity index (χ4n) is 4.71. The fourth-order valence-corrected chi connectivity index (χ4v) is 4.90. The van der Waals surface area contributed by atoms with E-state index >= 15 is 0 Å². The van der Waals surface area contributed by atoms with E-state index in [1.54, 1.807) is 6.07 Å². The molecular weight excluding hydrogens is 483 g/mol. The molecule has 0 unspecified atom stereocenters. The van der Waals surface area contributed by atoms with Crippen molar-refractivity contribution in [1.82, 2.24) is 0 Å². The molecule has 0 bridgehead atoms. The van der Waals surface area contributed by atoms with E-state index in [4.69, 9.17) is 21.4 Å². The maximum Gasteiger partial charge on any atom is 0.307 e. The van der Waals surface area contributed by atoms with E-state index in [2.05, 4.69) is 17.1 Å². The van der Waals surface area contributed by atoms with Gasteiger partial charge in [-0.2, -0.15) is 0 Å². The van der Waals surface area contributed by atoms with Gasteiger partial charge in [-0.15, -0.1) is 0 Å². The summed E-state index contributed by atoms with van der Waals surface area (Å²) >= 11 is 6.18. The minimum atomic E-state index is -1.08. The highest BCUT2D eigenvalue weighted by Crippen LogP contribution is 2.34. The zero-order valence-corrected chi connectivity index (χ0v) is 21.2. The second-order valence-corrected chi connectivity index (χ2v) is 9.47. The van der Waals surface area contributed by atoms with Gasteiger partial charge < -0.3 is 20.1 Å². The number of carbonyl (C=O) groups excluding carboxylic acids is 1. The molecule has 2 N–H and O–H groups in total. The topological polar surface area (TPSA) is 78.9 Å². The molecule has 0 fully saturated rings. The third-order valence-corrected chi connectivity index (χ3v) is 6.59. The van der Waals surface area contributed by atoms with Crippen molar-refractivity contribution in [2.75, 3.05) is 23.4 Å². The van der Waals surface area contributed by atoms with Crippen LogP contribution in [-0.4, -0.2) is 36.2 Å². The van der Waals surface area contributed by atoms with Gasteiger partial charge >= 0.3 is 5.97 Å². The first kappa shape index (κ1) is 25.5. The number of anilines is 2. The highest BCUT2D eigenvalue weighted by atomic mass is 35.5. The van der Waals surface area contributed by atoms with Gasteiger partial charge in [0.25, 0.3) is 5.91 Å². The zero-order valence-electron chi connectivity index (χ0n) is 20.4. The summed E-state index contributed by atoms with van der Waals surface area (Å²) < 4.78 is 20.1. The number of carboxylic acid groups (broad SMARTS) is 1. The first-order valence-electron chi connectivity index (χ1n) is 11.8.